The lowest BCUT2D eigenvalue weighted by atomic mass is 10.1. The van der Waals surface area contributed by atoms with E-state index in [0.717, 1.165) is 23.8 Å². The zero-order valence-corrected chi connectivity index (χ0v) is 12.9. The van der Waals surface area contributed by atoms with Crippen LogP contribution in [0.2, 0.25) is 0 Å². The molecule has 0 amide bonds. The number of hydrogen-bond donors (Lipinski definition) is 1. The number of carbonyl (C=O) groups is 1. The summed E-state index contributed by atoms with van der Waals surface area (Å²) in [5.41, 5.74) is 0.0775. The number of pyridine rings is 1. The number of ether oxygens (including phenoxy) is 1. The second-order valence-corrected chi connectivity index (χ2v) is 5.25. The van der Waals surface area contributed by atoms with Gasteiger partial charge in [0.1, 0.15) is 35.4 Å². The van der Waals surface area contributed by atoms with Crippen LogP contribution in [0.5, 0.6) is 5.75 Å². The number of benzene rings is 2. The van der Waals surface area contributed by atoms with Crippen LogP contribution in [0.25, 0.3) is 11.3 Å². The van der Waals surface area contributed by atoms with Crippen molar-refractivity contribution in [1.82, 2.24) is 4.98 Å². The Bertz CT molecular complexity index is 914. The first-order valence-corrected chi connectivity index (χ1v) is 7.41. The minimum atomic E-state index is -1.32. The maximum Gasteiger partial charge on any atom is 0.354 e. The van der Waals surface area contributed by atoms with Crippen molar-refractivity contribution in [2.45, 2.75) is 6.61 Å². The average Bonchev–Trinajstić information content (AvgIpc) is 2.61. The third-order valence-electron chi connectivity index (χ3n) is 3.51. The lowest BCUT2D eigenvalue weighted by Gasteiger charge is -2.09. The Morgan fingerprint density at radius 3 is 2.44 bits per heavy atom. The number of carboxylic acids is 1. The van der Waals surface area contributed by atoms with Gasteiger partial charge in [-0.15, -0.1) is 0 Å². The van der Waals surface area contributed by atoms with Crippen LogP contribution >= 0.6 is 0 Å². The van der Waals surface area contributed by atoms with Crippen molar-refractivity contribution in [2.75, 3.05) is 0 Å². The Labute approximate surface area is 142 Å². The van der Waals surface area contributed by atoms with Crippen molar-refractivity contribution in [3.8, 4) is 17.0 Å². The zero-order chi connectivity index (χ0) is 17.8. The molecule has 0 fully saturated rings. The fourth-order valence-electron chi connectivity index (χ4n) is 2.27. The van der Waals surface area contributed by atoms with Gasteiger partial charge in [0.2, 0.25) is 0 Å². The van der Waals surface area contributed by atoms with Crippen molar-refractivity contribution in [3.63, 3.8) is 0 Å². The summed E-state index contributed by atoms with van der Waals surface area (Å²) in [6.45, 7) is 0.265. The van der Waals surface area contributed by atoms with Gasteiger partial charge in [-0.25, -0.2) is 18.6 Å². The molecule has 1 heterocycles. The van der Waals surface area contributed by atoms with Gasteiger partial charge < -0.3 is 9.84 Å². The fraction of sp³-hybridized carbons (Fsp3) is 0.0526. The van der Waals surface area contributed by atoms with Gasteiger partial charge in [0.15, 0.2) is 0 Å². The van der Waals surface area contributed by atoms with E-state index >= 15 is 0 Å². The van der Waals surface area contributed by atoms with Crippen molar-refractivity contribution >= 4 is 5.97 Å². The highest BCUT2D eigenvalue weighted by molar-refractivity contribution is 5.86. The van der Waals surface area contributed by atoms with E-state index in [2.05, 4.69) is 4.98 Å². The molecule has 3 aromatic rings. The van der Waals surface area contributed by atoms with Crippen LogP contribution in [0.3, 0.4) is 0 Å². The second kappa shape index (κ2) is 7.09. The first-order valence-electron chi connectivity index (χ1n) is 7.41. The second-order valence-electron chi connectivity index (χ2n) is 5.25. The summed E-state index contributed by atoms with van der Waals surface area (Å²) in [6.07, 6.45) is 0. The van der Waals surface area contributed by atoms with E-state index in [9.17, 15) is 13.6 Å². The molecule has 0 aliphatic heterocycles. The molecule has 4 nitrogen and oxygen atoms in total. The molecule has 126 valence electrons. The molecule has 0 aliphatic carbocycles. The van der Waals surface area contributed by atoms with Gasteiger partial charge in [0, 0.05) is 11.6 Å². The predicted octanol–water partition coefficient (Wildman–Crippen LogP) is 4.30. The molecule has 0 unspecified atom stereocenters. The Morgan fingerprint density at radius 2 is 1.76 bits per heavy atom. The van der Waals surface area contributed by atoms with E-state index in [1.165, 1.54) is 12.1 Å². The Morgan fingerprint density at radius 1 is 1.00 bits per heavy atom. The normalized spacial score (nSPS) is 10.5. The van der Waals surface area contributed by atoms with Gasteiger partial charge in [0.05, 0.1) is 0 Å². The average molecular weight is 341 g/mol. The van der Waals surface area contributed by atoms with E-state index in [1.54, 1.807) is 0 Å². The predicted molar refractivity (Wildman–Crippen MR) is 87.3 cm³/mol. The standard InChI is InChI=1S/C19H13F2NO3/c20-15-8-9-17(19(23)24)22-18(15)14-7-6-13(10-16(14)21)25-11-12-4-2-1-3-5-12/h1-10H,11H2,(H,23,24). The van der Waals surface area contributed by atoms with Crippen LogP contribution in [-0.2, 0) is 6.61 Å². The smallest absolute Gasteiger partial charge is 0.354 e. The SMILES string of the molecule is O=C(O)c1ccc(F)c(-c2ccc(OCc3ccccc3)cc2F)n1. The monoisotopic (exact) mass is 341 g/mol. The van der Waals surface area contributed by atoms with Gasteiger partial charge in [-0.3, -0.25) is 0 Å². The van der Waals surface area contributed by atoms with E-state index in [-0.39, 0.29) is 29.3 Å². The molecule has 6 heteroatoms. The van der Waals surface area contributed by atoms with Crippen LogP contribution in [0.1, 0.15) is 16.1 Å². The molecule has 0 saturated carbocycles. The van der Waals surface area contributed by atoms with E-state index in [4.69, 9.17) is 9.84 Å². The zero-order valence-electron chi connectivity index (χ0n) is 12.9. The molecule has 0 spiro atoms. The lowest BCUT2D eigenvalue weighted by Crippen LogP contribution is -2.03. The van der Waals surface area contributed by atoms with Crippen LogP contribution in [0.4, 0.5) is 8.78 Å². The highest BCUT2D eigenvalue weighted by atomic mass is 19.1. The summed E-state index contributed by atoms with van der Waals surface area (Å²) in [6, 6.07) is 15.3. The number of aromatic nitrogens is 1. The highest BCUT2D eigenvalue weighted by Gasteiger charge is 2.16. The van der Waals surface area contributed by atoms with Gasteiger partial charge in [-0.05, 0) is 29.8 Å². The van der Waals surface area contributed by atoms with Crippen molar-refractivity contribution < 1.29 is 23.4 Å². The molecule has 1 N–H and O–H groups in total. The third kappa shape index (κ3) is 3.80. The third-order valence-corrected chi connectivity index (χ3v) is 3.51. The van der Waals surface area contributed by atoms with Crippen molar-refractivity contribution in [2.24, 2.45) is 0 Å². The minimum Gasteiger partial charge on any atom is -0.489 e. The van der Waals surface area contributed by atoms with Gasteiger partial charge >= 0.3 is 5.97 Å². The summed E-state index contributed by atoms with van der Waals surface area (Å²) in [5, 5.41) is 8.94. The maximum absolute atomic E-state index is 14.3. The first kappa shape index (κ1) is 16.6. The number of aromatic carboxylic acids is 1. The molecule has 0 saturated heterocycles. The lowest BCUT2D eigenvalue weighted by molar-refractivity contribution is 0.0690. The number of halogens is 2. The largest absolute Gasteiger partial charge is 0.489 e. The minimum absolute atomic E-state index is 0.132. The summed E-state index contributed by atoms with van der Waals surface area (Å²) in [7, 11) is 0. The van der Waals surface area contributed by atoms with Gasteiger partial charge in [-0.2, -0.15) is 0 Å². The molecule has 0 radical (unpaired) electrons. The van der Waals surface area contributed by atoms with Crippen LogP contribution < -0.4 is 4.74 Å². The Balaban J connectivity index is 1.85. The van der Waals surface area contributed by atoms with E-state index in [0.29, 0.717) is 0 Å². The molecule has 25 heavy (non-hydrogen) atoms. The van der Waals surface area contributed by atoms with Crippen LogP contribution in [0, 0.1) is 11.6 Å². The number of hydrogen-bond acceptors (Lipinski definition) is 3. The Hall–Kier alpha value is -3.28. The molecule has 1 aromatic heterocycles. The quantitative estimate of drug-likeness (QED) is 0.751. The molecule has 3 rings (SSSR count). The van der Waals surface area contributed by atoms with E-state index in [1.807, 2.05) is 30.3 Å². The fourth-order valence-corrected chi connectivity index (χ4v) is 2.27. The summed E-state index contributed by atoms with van der Waals surface area (Å²) in [4.78, 5) is 14.6. The van der Waals surface area contributed by atoms with Crippen LogP contribution in [-0.4, -0.2) is 16.1 Å². The van der Waals surface area contributed by atoms with Crippen molar-refractivity contribution in [1.29, 1.82) is 0 Å². The topological polar surface area (TPSA) is 59.4 Å². The molecular weight excluding hydrogens is 328 g/mol. The maximum atomic E-state index is 14.3. The van der Waals surface area contributed by atoms with Crippen molar-refractivity contribution in [3.05, 3.63) is 83.6 Å². The van der Waals surface area contributed by atoms with Gasteiger partial charge in [0.25, 0.3) is 0 Å². The molecule has 0 atom stereocenters. The molecule has 0 bridgehead atoms. The molecule has 2 aromatic carbocycles. The number of nitrogens with zero attached hydrogens (tertiary/aromatic N) is 1. The number of carboxylic acid groups (broad SMARTS) is 1. The highest BCUT2D eigenvalue weighted by Crippen LogP contribution is 2.27. The summed E-state index contributed by atoms with van der Waals surface area (Å²) < 4.78 is 33.8. The van der Waals surface area contributed by atoms with Crippen LogP contribution in [0.15, 0.2) is 60.7 Å². The Kier molecular flexibility index (Phi) is 4.70. The molecular formula is C19H13F2NO3. The summed E-state index contributed by atoms with van der Waals surface area (Å²) >= 11 is 0. The first-order chi connectivity index (χ1) is 12.0. The molecule has 0 aliphatic rings. The summed E-state index contributed by atoms with van der Waals surface area (Å²) in [5.74, 6) is -2.59. The number of rotatable bonds is 5. The van der Waals surface area contributed by atoms with E-state index < -0.39 is 17.6 Å². The van der Waals surface area contributed by atoms with Gasteiger partial charge in [-0.1, -0.05) is 30.3 Å².